The molecule has 0 amide bonds. The fourth-order valence-electron chi connectivity index (χ4n) is 3.42. The third-order valence-corrected chi connectivity index (χ3v) is 7.50. The van der Waals surface area contributed by atoms with Gasteiger partial charge in [-0.2, -0.15) is 0 Å². The zero-order valence-corrected chi connectivity index (χ0v) is 19.7. The number of nitrogens with zero attached hydrogens (tertiary/aromatic N) is 3. The van der Waals surface area contributed by atoms with Crippen molar-refractivity contribution in [3.8, 4) is 11.3 Å². The molecule has 3 aromatic carbocycles. The van der Waals surface area contributed by atoms with Crippen molar-refractivity contribution < 1.29 is 4.52 Å². The zero-order valence-electron chi connectivity index (χ0n) is 17.2. The summed E-state index contributed by atoms with van der Waals surface area (Å²) in [6, 6.07) is 31.0. The molecule has 32 heavy (non-hydrogen) atoms. The summed E-state index contributed by atoms with van der Waals surface area (Å²) in [5.41, 5.74) is 4.62. The molecule has 0 fully saturated rings. The summed E-state index contributed by atoms with van der Waals surface area (Å²) in [6.07, 6.45) is 0. The highest BCUT2D eigenvalue weighted by molar-refractivity contribution is 7.80. The van der Waals surface area contributed by atoms with Crippen LogP contribution in [0.4, 0.5) is 5.13 Å². The predicted molar refractivity (Wildman–Crippen MR) is 137 cm³/mol. The molecule has 2 heterocycles. The van der Waals surface area contributed by atoms with Crippen molar-refractivity contribution in [3.63, 3.8) is 0 Å². The highest BCUT2D eigenvalue weighted by atomic mass is 32.2. The van der Waals surface area contributed by atoms with Crippen molar-refractivity contribution in [3.05, 3.63) is 108 Å². The Morgan fingerprint density at radius 3 is 2.19 bits per heavy atom. The number of anilines is 1. The monoisotopic (exact) mass is 473 g/mol. The standard InChI is InChI=1S/C25H20N4S3/c30-23(26-16-19-10-4-1-5-11-19)28(17-20-12-6-2-7-13-20)24-27-29-22(18-31-25(29)32-24)21-14-8-3-9-15-21/h1-15,18H,16-17H2/p+1. The van der Waals surface area contributed by atoms with Gasteiger partial charge in [-0.15, -0.1) is 0 Å². The van der Waals surface area contributed by atoms with E-state index in [4.69, 9.17) is 17.3 Å². The van der Waals surface area contributed by atoms with Gasteiger partial charge < -0.3 is 5.32 Å². The molecule has 4 nitrogen and oxygen atoms in total. The third kappa shape index (κ3) is 4.55. The van der Waals surface area contributed by atoms with Gasteiger partial charge in [-0.3, -0.25) is 4.90 Å². The van der Waals surface area contributed by atoms with Crippen molar-refractivity contribution in [1.29, 1.82) is 0 Å². The van der Waals surface area contributed by atoms with E-state index in [-0.39, 0.29) is 0 Å². The lowest BCUT2D eigenvalue weighted by atomic mass is 10.2. The van der Waals surface area contributed by atoms with Gasteiger partial charge in [-0.1, -0.05) is 90.2 Å². The highest BCUT2D eigenvalue weighted by Crippen LogP contribution is 2.29. The summed E-state index contributed by atoms with van der Waals surface area (Å²) in [7, 11) is 0. The SMILES string of the molecule is S=C(NCc1ccccc1)N(Cc1ccccc1)c1n[n+]2c(-c3ccccc3)csc2s1. The van der Waals surface area contributed by atoms with Gasteiger partial charge in [-0.05, 0) is 51.3 Å². The van der Waals surface area contributed by atoms with Crippen LogP contribution in [0.3, 0.4) is 0 Å². The first-order valence-corrected chi connectivity index (χ1v) is 12.4. The molecule has 0 aliphatic rings. The molecule has 1 N–H and O–H groups in total. The Morgan fingerprint density at radius 2 is 1.50 bits per heavy atom. The number of rotatable bonds is 6. The number of benzene rings is 3. The van der Waals surface area contributed by atoms with Gasteiger partial charge in [0, 0.05) is 11.6 Å². The molecule has 0 spiro atoms. The molecule has 0 aliphatic carbocycles. The Hall–Kier alpha value is -3.13. The van der Waals surface area contributed by atoms with Gasteiger partial charge in [0.25, 0.3) is 10.8 Å². The molecule has 0 unspecified atom stereocenters. The highest BCUT2D eigenvalue weighted by Gasteiger charge is 2.26. The minimum Gasteiger partial charge on any atom is -0.358 e. The van der Waals surface area contributed by atoms with Crippen molar-refractivity contribution in [1.82, 2.24) is 10.4 Å². The maximum atomic E-state index is 5.84. The van der Waals surface area contributed by atoms with E-state index in [1.807, 2.05) is 34.8 Å². The molecule has 0 saturated heterocycles. The number of fused-ring (bicyclic) bond motifs is 1. The fraction of sp³-hybridized carbons (Fsp3) is 0.0800. The van der Waals surface area contributed by atoms with Crippen molar-refractivity contribution in [2.75, 3.05) is 4.90 Å². The Bertz CT molecular complexity index is 1310. The van der Waals surface area contributed by atoms with Crippen LogP contribution in [-0.2, 0) is 13.1 Å². The van der Waals surface area contributed by atoms with Crippen molar-refractivity contribution in [2.24, 2.45) is 0 Å². The van der Waals surface area contributed by atoms with Gasteiger partial charge in [-0.25, -0.2) is 0 Å². The first-order valence-electron chi connectivity index (χ1n) is 10.3. The number of aromatic nitrogens is 2. The maximum absolute atomic E-state index is 5.84. The van der Waals surface area contributed by atoms with Crippen LogP contribution in [0, 0.1) is 0 Å². The average Bonchev–Trinajstić information content (AvgIpc) is 3.44. The summed E-state index contributed by atoms with van der Waals surface area (Å²) in [6.45, 7) is 1.33. The van der Waals surface area contributed by atoms with Crippen LogP contribution in [0.1, 0.15) is 11.1 Å². The van der Waals surface area contributed by atoms with Crippen LogP contribution in [0.25, 0.3) is 15.4 Å². The first kappa shape index (κ1) is 20.8. The van der Waals surface area contributed by atoms with E-state index >= 15 is 0 Å². The van der Waals surface area contributed by atoms with E-state index in [0.717, 1.165) is 20.5 Å². The Kier molecular flexibility index (Phi) is 6.20. The molecule has 0 saturated carbocycles. The molecule has 5 rings (SSSR count). The minimum atomic E-state index is 0.656. The molecule has 5 aromatic rings. The van der Waals surface area contributed by atoms with E-state index in [1.54, 1.807) is 22.7 Å². The molecule has 2 aromatic heterocycles. The van der Waals surface area contributed by atoms with E-state index < -0.39 is 0 Å². The van der Waals surface area contributed by atoms with Crippen LogP contribution in [0.5, 0.6) is 0 Å². The van der Waals surface area contributed by atoms with E-state index in [1.165, 1.54) is 11.1 Å². The van der Waals surface area contributed by atoms with Crippen LogP contribution in [0.15, 0.2) is 96.4 Å². The second kappa shape index (κ2) is 9.56. The molecule has 0 bridgehead atoms. The first-order chi connectivity index (χ1) is 15.8. The molecular formula is C25H21N4S3+. The van der Waals surface area contributed by atoms with Gasteiger partial charge >= 0.3 is 4.14 Å². The van der Waals surface area contributed by atoms with Gasteiger partial charge in [0.15, 0.2) is 5.11 Å². The van der Waals surface area contributed by atoms with Crippen LogP contribution < -0.4 is 14.7 Å². The average molecular weight is 474 g/mol. The minimum absolute atomic E-state index is 0.656. The molecule has 7 heteroatoms. The topological polar surface area (TPSA) is 32.3 Å². The van der Waals surface area contributed by atoms with Crippen molar-refractivity contribution >= 4 is 49.3 Å². The number of hydrogen-bond donors (Lipinski definition) is 1. The maximum Gasteiger partial charge on any atom is 0.354 e. The number of nitrogens with one attached hydrogen (secondary N) is 1. The van der Waals surface area contributed by atoms with Crippen LogP contribution in [-0.4, -0.2) is 10.2 Å². The number of thiazole rings is 1. The number of hydrogen-bond acceptors (Lipinski definition) is 4. The lowest BCUT2D eigenvalue weighted by Crippen LogP contribution is -2.39. The normalized spacial score (nSPS) is 10.9. The van der Waals surface area contributed by atoms with E-state index in [9.17, 15) is 0 Å². The summed E-state index contributed by atoms with van der Waals surface area (Å²) in [4.78, 5) is 2.09. The molecule has 0 aliphatic heterocycles. The lowest BCUT2D eigenvalue weighted by molar-refractivity contribution is -0.559. The Labute approximate surface area is 200 Å². The fourth-order valence-corrected chi connectivity index (χ4v) is 5.72. The van der Waals surface area contributed by atoms with Crippen molar-refractivity contribution in [2.45, 2.75) is 13.1 Å². The van der Waals surface area contributed by atoms with Crippen LogP contribution >= 0.6 is 34.9 Å². The van der Waals surface area contributed by atoms with Gasteiger partial charge in [0.2, 0.25) is 0 Å². The smallest absolute Gasteiger partial charge is 0.354 e. The number of thiocarbonyl (C=S) groups is 1. The molecule has 158 valence electrons. The molecular weight excluding hydrogens is 453 g/mol. The quantitative estimate of drug-likeness (QED) is 0.254. The summed E-state index contributed by atoms with van der Waals surface area (Å²) in [5, 5.41) is 12.1. The predicted octanol–water partition coefficient (Wildman–Crippen LogP) is 5.69. The summed E-state index contributed by atoms with van der Waals surface area (Å²) < 4.78 is 3.15. The summed E-state index contributed by atoms with van der Waals surface area (Å²) in [5.74, 6) is 0. The largest absolute Gasteiger partial charge is 0.358 e. The summed E-state index contributed by atoms with van der Waals surface area (Å²) >= 11 is 9.20. The Morgan fingerprint density at radius 1 is 0.875 bits per heavy atom. The lowest BCUT2D eigenvalue weighted by Gasteiger charge is -2.22. The third-order valence-electron chi connectivity index (χ3n) is 5.05. The Balaban J connectivity index is 1.46. The van der Waals surface area contributed by atoms with Crippen LogP contribution in [0.2, 0.25) is 0 Å². The van der Waals surface area contributed by atoms with E-state index in [0.29, 0.717) is 18.2 Å². The molecule has 0 atom stereocenters. The van der Waals surface area contributed by atoms with Gasteiger partial charge in [0.1, 0.15) is 0 Å². The molecule has 0 radical (unpaired) electrons. The van der Waals surface area contributed by atoms with E-state index in [2.05, 4.69) is 76.3 Å². The zero-order chi connectivity index (χ0) is 21.8. The second-order valence-electron chi connectivity index (χ2n) is 7.27. The van der Waals surface area contributed by atoms with Gasteiger partial charge in [0.05, 0.1) is 17.5 Å². The second-order valence-corrected chi connectivity index (χ2v) is 9.72.